The Hall–Kier alpha value is -2.52. The summed E-state index contributed by atoms with van der Waals surface area (Å²) in [6.45, 7) is 3.93. The van der Waals surface area contributed by atoms with Crippen LogP contribution in [0.4, 0.5) is 5.69 Å². The van der Waals surface area contributed by atoms with Crippen molar-refractivity contribution in [2.45, 2.75) is 13.8 Å². The molecule has 0 unspecified atom stereocenters. The Balaban J connectivity index is 1.92. The monoisotopic (exact) mass is 487 g/mol. The van der Waals surface area contributed by atoms with E-state index in [0.29, 0.717) is 15.7 Å². The van der Waals surface area contributed by atoms with Gasteiger partial charge in [0.1, 0.15) is 11.6 Å². The molecule has 0 bridgehead atoms. The van der Waals surface area contributed by atoms with Crippen LogP contribution in [0.2, 0.25) is 10.0 Å². The highest BCUT2D eigenvalue weighted by atomic mass is 79.9. The van der Waals surface area contributed by atoms with Crippen LogP contribution in [0, 0.1) is 25.2 Å². The highest BCUT2D eigenvalue weighted by Crippen LogP contribution is 2.26. The molecule has 1 N–H and O–H groups in total. The van der Waals surface area contributed by atoms with Crippen LogP contribution in [0.15, 0.2) is 58.6 Å². The molecule has 0 fully saturated rings. The number of halogens is 3. The molecule has 1 heterocycles. The van der Waals surface area contributed by atoms with E-state index in [2.05, 4.69) is 25.8 Å². The van der Waals surface area contributed by atoms with Crippen molar-refractivity contribution in [1.29, 1.82) is 5.26 Å². The molecule has 0 spiro atoms. The molecule has 4 nitrogen and oxygen atoms in total. The number of hydrogen-bond acceptors (Lipinski definition) is 2. The highest BCUT2D eigenvalue weighted by Gasteiger charge is 2.14. The summed E-state index contributed by atoms with van der Waals surface area (Å²) in [5.41, 5.74) is 4.18. The Bertz CT molecular complexity index is 1160. The minimum Gasteiger partial charge on any atom is -0.321 e. The van der Waals surface area contributed by atoms with Gasteiger partial charge in [0.2, 0.25) is 0 Å². The number of nitrogens with one attached hydrogen (secondary N) is 1. The maximum absolute atomic E-state index is 12.6. The Morgan fingerprint density at radius 2 is 1.79 bits per heavy atom. The van der Waals surface area contributed by atoms with E-state index in [1.165, 1.54) is 6.07 Å². The first kappa shape index (κ1) is 21.2. The van der Waals surface area contributed by atoms with E-state index in [9.17, 15) is 10.1 Å². The number of amides is 1. The summed E-state index contributed by atoms with van der Waals surface area (Å²) in [7, 11) is 0. The van der Waals surface area contributed by atoms with E-state index in [-0.39, 0.29) is 5.57 Å². The number of aryl methyl sites for hydroxylation is 1. The van der Waals surface area contributed by atoms with Crippen LogP contribution < -0.4 is 5.32 Å². The average molecular weight is 489 g/mol. The van der Waals surface area contributed by atoms with Crippen LogP contribution >= 0.6 is 39.1 Å². The van der Waals surface area contributed by atoms with Gasteiger partial charge in [0, 0.05) is 27.2 Å². The van der Waals surface area contributed by atoms with Crippen LogP contribution in [-0.4, -0.2) is 10.5 Å². The minimum absolute atomic E-state index is 0.00729. The Morgan fingerprint density at radius 3 is 2.41 bits per heavy atom. The second-order valence-corrected chi connectivity index (χ2v) is 8.12. The SMILES string of the molecule is Cc1cc(/C=C(/C#N)C(=O)Nc2ccc(Cl)c(Cl)c2)c(C)n1-c1ccc(Br)cc1. The summed E-state index contributed by atoms with van der Waals surface area (Å²) in [5, 5.41) is 12.9. The summed E-state index contributed by atoms with van der Waals surface area (Å²) in [6.07, 6.45) is 1.59. The number of carbonyl (C=O) groups is 1. The number of carbonyl (C=O) groups excluding carboxylic acids is 1. The van der Waals surface area contributed by atoms with Crippen molar-refractivity contribution >= 4 is 56.8 Å². The molecule has 0 aliphatic heterocycles. The molecule has 2 aromatic carbocycles. The molecule has 0 radical (unpaired) electrons. The van der Waals surface area contributed by atoms with Gasteiger partial charge in [-0.2, -0.15) is 5.26 Å². The first-order valence-electron chi connectivity index (χ1n) is 8.63. The lowest BCUT2D eigenvalue weighted by atomic mass is 10.1. The number of aromatic nitrogens is 1. The number of anilines is 1. The molecule has 3 rings (SSSR count). The van der Waals surface area contributed by atoms with E-state index in [1.807, 2.05) is 50.2 Å². The number of nitriles is 1. The third-order valence-electron chi connectivity index (χ3n) is 4.40. The highest BCUT2D eigenvalue weighted by molar-refractivity contribution is 9.10. The van der Waals surface area contributed by atoms with Gasteiger partial charge < -0.3 is 9.88 Å². The Kier molecular flexibility index (Phi) is 6.49. The van der Waals surface area contributed by atoms with Crippen LogP contribution in [-0.2, 0) is 4.79 Å². The van der Waals surface area contributed by atoms with E-state index >= 15 is 0 Å². The fraction of sp³-hybridized carbons (Fsp3) is 0.0909. The lowest BCUT2D eigenvalue weighted by molar-refractivity contribution is -0.112. The zero-order valence-corrected chi connectivity index (χ0v) is 18.7. The van der Waals surface area contributed by atoms with E-state index in [4.69, 9.17) is 23.2 Å². The molecule has 1 amide bonds. The summed E-state index contributed by atoms with van der Waals surface area (Å²) in [6, 6.07) is 16.6. The lowest BCUT2D eigenvalue weighted by Gasteiger charge is -2.10. The van der Waals surface area contributed by atoms with Gasteiger partial charge in [-0.3, -0.25) is 4.79 Å². The van der Waals surface area contributed by atoms with Gasteiger partial charge in [0.05, 0.1) is 10.0 Å². The third-order valence-corrected chi connectivity index (χ3v) is 5.67. The summed E-state index contributed by atoms with van der Waals surface area (Å²) in [5.74, 6) is -0.515. The number of rotatable bonds is 4. The first-order valence-corrected chi connectivity index (χ1v) is 10.2. The quantitative estimate of drug-likeness (QED) is 0.327. The van der Waals surface area contributed by atoms with Crippen molar-refractivity contribution in [3.8, 4) is 11.8 Å². The number of hydrogen-bond donors (Lipinski definition) is 1. The normalized spacial score (nSPS) is 11.2. The van der Waals surface area contributed by atoms with Gasteiger partial charge in [0.15, 0.2) is 0 Å². The fourth-order valence-corrected chi connectivity index (χ4v) is 3.56. The van der Waals surface area contributed by atoms with Crippen molar-refractivity contribution in [3.63, 3.8) is 0 Å². The molecule has 0 saturated carbocycles. The van der Waals surface area contributed by atoms with Crippen molar-refractivity contribution in [1.82, 2.24) is 4.57 Å². The average Bonchev–Trinajstić information content (AvgIpc) is 2.96. The zero-order valence-electron chi connectivity index (χ0n) is 15.6. The molecular formula is C22H16BrCl2N3O. The van der Waals surface area contributed by atoms with Gasteiger partial charge in [-0.25, -0.2) is 0 Å². The van der Waals surface area contributed by atoms with Crippen molar-refractivity contribution < 1.29 is 4.79 Å². The van der Waals surface area contributed by atoms with Crippen LogP contribution in [0.25, 0.3) is 11.8 Å². The van der Waals surface area contributed by atoms with Crippen LogP contribution in [0.3, 0.4) is 0 Å². The van der Waals surface area contributed by atoms with Crippen LogP contribution in [0.1, 0.15) is 17.0 Å². The van der Waals surface area contributed by atoms with Crippen LogP contribution in [0.5, 0.6) is 0 Å². The second-order valence-electron chi connectivity index (χ2n) is 6.39. The molecule has 3 aromatic rings. The molecule has 29 heavy (non-hydrogen) atoms. The van der Waals surface area contributed by atoms with Gasteiger partial charge in [-0.05, 0) is 74.0 Å². The summed E-state index contributed by atoms with van der Waals surface area (Å²) >= 11 is 15.3. The molecule has 0 atom stereocenters. The molecule has 0 aliphatic carbocycles. The van der Waals surface area contributed by atoms with Gasteiger partial charge in [-0.1, -0.05) is 39.1 Å². The van der Waals surface area contributed by atoms with Crippen molar-refractivity contribution in [2.24, 2.45) is 0 Å². The summed E-state index contributed by atoms with van der Waals surface area (Å²) in [4.78, 5) is 12.6. The molecule has 0 aliphatic rings. The third kappa shape index (κ3) is 4.73. The minimum atomic E-state index is -0.515. The van der Waals surface area contributed by atoms with E-state index < -0.39 is 5.91 Å². The number of benzene rings is 2. The first-order chi connectivity index (χ1) is 13.8. The van der Waals surface area contributed by atoms with Crippen molar-refractivity contribution in [3.05, 3.63) is 85.6 Å². The maximum atomic E-state index is 12.6. The lowest BCUT2D eigenvalue weighted by Crippen LogP contribution is -2.13. The van der Waals surface area contributed by atoms with Gasteiger partial charge >= 0.3 is 0 Å². The smallest absolute Gasteiger partial charge is 0.266 e. The Labute approximate surface area is 187 Å². The Morgan fingerprint density at radius 1 is 1.10 bits per heavy atom. The zero-order chi connectivity index (χ0) is 21.1. The van der Waals surface area contributed by atoms with E-state index in [0.717, 1.165) is 27.1 Å². The number of nitrogens with zero attached hydrogens (tertiary/aromatic N) is 2. The maximum Gasteiger partial charge on any atom is 0.266 e. The molecule has 146 valence electrons. The van der Waals surface area contributed by atoms with E-state index in [1.54, 1.807) is 18.2 Å². The topological polar surface area (TPSA) is 57.8 Å². The summed E-state index contributed by atoms with van der Waals surface area (Å²) < 4.78 is 3.07. The second kappa shape index (κ2) is 8.87. The van der Waals surface area contributed by atoms with Gasteiger partial charge in [0.25, 0.3) is 5.91 Å². The predicted octanol–water partition coefficient (Wildman–Crippen LogP) is 6.71. The molecular weight excluding hydrogens is 473 g/mol. The predicted molar refractivity (Wildman–Crippen MR) is 122 cm³/mol. The molecule has 1 aromatic heterocycles. The van der Waals surface area contributed by atoms with Crippen molar-refractivity contribution in [2.75, 3.05) is 5.32 Å². The standard InChI is InChI=1S/C22H16BrCl2N3O/c1-13-9-15(14(2)28(13)19-6-3-17(23)4-7-19)10-16(12-26)22(29)27-18-5-8-20(24)21(25)11-18/h3-11H,1-2H3,(H,27,29)/b16-10-. The molecule has 7 heteroatoms. The van der Waals surface area contributed by atoms with Gasteiger partial charge in [-0.15, -0.1) is 0 Å². The molecule has 0 saturated heterocycles. The fourth-order valence-electron chi connectivity index (χ4n) is 3.00. The largest absolute Gasteiger partial charge is 0.321 e.